The summed E-state index contributed by atoms with van der Waals surface area (Å²) >= 11 is 0. The van der Waals surface area contributed by atoms with E-state index in [4.69, 9.17) is 5.11 Å². The number of aliphatic hydroxyl groups excluding tert-OH is 1. The highest BCUT2D eigenvalue weighted by Gasteiger charge is 2.22. The van der Waals surface area contributed by atoms with Crippen LogP contribution >= 0.6 is 0 Å². The number of carbonyl (C=O) groups is 2. The van der Waals surface area contributed by atoms with E-state index in [0.717, 1.165) is 0 Å². The molecule has 0 aromatic carbocycles. The zero-order valence-corrected chi connectivity index (χ0v) is 8.32. The SMILES string of the molecule is CC(C)[C@H](NC(=O)[C@@H]([NH3+])CO)C(=O)[O-]. The number of amides is 1. The summed E-state index contributed by atoms with van der Waals surface area (Å²) in [6, 6.07) is -1.89. The normalized spacial score (nSPS) is 14.9. The molecule has 82 valence electrons. The lowest BCUT2D eigenvalue weighted by Crippen LogP contribution is -2.70. The van der Waals surface area contributed by atoms with Gasteiger partial charge in [0.15, 0.2) is 6.04 Å². The minimum atomic E-state index is -1.33. The number of carbonyl (C=O) groups excluding carboxylic acids is 2. The molecule has 0 heterocycles. The molecule has 1 amide bonds. The summed E-state index contributed by atoms with van der Waals surface area (Å²) in [4.78, 5) is 21.7. The number of aliphatic hydroxyl groups is 1. The smallest absolute Gasteiger partial charge is 0.281 e. The quantitative estimate of drug-likeness (QED) is 0.430. The van der Waals surface area contributed by atoms with Crippen LogP contribution in [0.25, 0.3) is 0 Å². The molecule has 5 N–H and O–H groups in total. The molecule has 0 aromatic rings. The number of quaternary nitrogens is 1. The third-order valence-corrected chi connectivity index (χ3v) is 1.81. The highest BCUT2D eigenvalue weighted by Crippen LogP contribution is 2.00. The van der Waals surface area contributed by atoms with Crippen LogP contribution in [0.15, 0.2) is 0 Å². The highest BCUT2D eigenvalue weighted by atomic mass is 16.4. The predicted octanol–water partition coefficient (Wildman–Crippen LogP) is -3.52. The third-order valence-electron chi connectivity index (χ3n) is 1.81. The monoisotopic (exact) mass is 204 g/mol. The van der Waals surface area contributed by atoms with Crippen molar-refractivity contribution in [2.24, 2.45) is 5.92 Å². The minimum absolute atomic E-state index is 0.269. The van der Waals surface area contributed by atoms with Gasteiger partial charge in [-0.2, -0.15) is 0 Å². The van der Waals surface area contributed by atoms with Gasteiger partial charge in [-0.05, 0) is 5.92 Å². The third kappa shape index (κ3) is 3.71. The number of aliphatic carboxylic acids is 1. The summed E-state index contributed by atoms with van der Waals surface area (Å²) in [5.41, 5.74) is 3.35. The molecule has 0 aliphatic heterocycles. The van der Waals surface area contributed by atoms with E-state index < -0.39 is 30.6 Å². The number of carboxylic acid groups (broad SMARTS) is 1. The van der Waals surface area contributed by atoms with Crippen LogP contribution in [0.1, 0.15) is 13.8 Å². The maximum atomic E-state index is 11.2. The lowest BCUT2D eigenvalue weighted by atomic mass is 10.0. The lowest BCUT2D eigenvalue weighted by Gasteiger charge is -2.23. The van der Waals surface area contributed by atoms with E-state index in [-0.39, 0.29) is 5.92 Å². The molecule has 0 saturated carbocycles. The van der Waals surface area contributed by atoms with Crippen molar-refractivity contribution < 1.29 is 25.5 Å². The molecule has 0 fully saturated rings. The van der Waals surface area contributed by atoms with Crippen LogP contribution in [0.4, 0.5) is 0 Å². The second-order valence-electron chi connectivity index (χ2n) is 3.43. The molecule has 0 unspecified atom stereocenters. The molecule has 0 saturated heterocycles. The first-order valence-electron chi connectivity index (χ1n) is 4.35. The summed E-state index contributed by atoms with van der Waals surface area (Å²) in [5.74, 6) is -2.19. The van der Waals surface area contributed by atoms with Crippen LogP contribution in [-0.2, 0) is 9.59 Å². The molecule has 0 radical (unpaired) electrons. The predicted molar refractivity (Wildman–Crippen MR) is 45.5 cm³/mol. The Labute approximate surface area is 82.1 Å². The number of nitrogens with one attached hydrogen (secondary N) is 1. The largest absolute Gasteiger partial charge is 0.548 e. The Balaban J connectivity index is 4.31. The van der Waals surface area contributed by atoms with Crippen LogP contribution in [0.5, 0.6) is 0 Å². The summed E-state index contributed by atoms with van der Waals surface area (Å²) in [7, 11) is 0. The fraction of sp³-hybridized carbons (Fsp3) is 0.750. The van der Waals surface area contributed by atoms with E-state index in [1.165, 1.54) is 0 Å². The van der Waals surface area contributed by atoms with Gasteiger partial charge in [-0.25, -0.2) is 0 Å². The topological polar surface area (TPSA) is 117 Å². The molecule has 0 spiro atoms. The van der Waals surface area contributed by atoms with Crippen LogP contribution in [0, 0.1) is 5.92 Å². The average molecular weight is 204 g/mol. The van der Waals surface area contributed by atoms with Crippen molar-refractivity contribution in [3.05, 3.63) is 0 Å². The van der Waals surface area contributed by atoms with E-state index in [0.29, 0.717) is 0 Å². The first kappa shape index (κ1) is 12.9. The van der Waals surface area contributed by atoms with Gasteiger partial charge in [-0.3, -0.25) is 4.79 Å². The van der Waals surface area contributed by atoms with Gasteiger partial charge in [0.1, 0.15) is 6.61 Å². The minimum Gasteiger partial charge on any atom is -0.548 e. The van der Waals surface area contributed by atoms with Gasteiger partial charge in [-0.1, -0.05) is 13.8 Å². The van der Waals surface area contributed by atoms with Gasteiger partial charge >= 0.3 is 0 Å². The summed E-state index contributed by atoms with van der Waals surface area (Å²) in [6.45, 7) is 2.89. The molecule has 0 rings (SSSR count). The van der Waals surface area contributed by atoms with Crippen LogP contribution in [0.3, 0.4) is 0 Å². The Morgan fingerprint density at radius 3 is 2.29 bits per heavy atom. The molecule has 0 aliphatic rings. The first-order valence-corrected chi connectivity index (χ1v) is 4.35. The molecule has 2 atom stereocenters. The van der Waals surface area contributed by atoms with Crippen LogP contribution in [-0.4, -0.2) is 35.7 Å². The number of carboxylic acids is 1. The van der Waals surface area contributed by atoms with Crippen molar-refractivity contribution in [1.82, 2.24) is 5.32 Å². The summed E-state index contributed by atoms with van der Waals surface area (Å²) in [6.07, 6.45) is 0. The van der Waals surface area contributed by atoms with E-state index in [9.17, 15) is 14.7 Å². The Hall–Kier alpha value is -1.14. The van der Waals surface area contributed by atoms with Crippen molar-refractivity contribution in [2.75, 3.05) is 6.61 Å². The molecular formula is C8H16N2O4. The lowest BCUT2D eigenvalue weighted by molar-refractivity contribution is -0.409. The van der Waals surface area contributed by atoms with E-state index >= 15 is 0 Å². The van der Waals surface area contributed by atoms with Crippen molar-refractivity contribution in [1.29, 1.82) is 0 Å². The van der Waals surface area contributed by atoms with Crippen LogP contribution in [0.2, 0.25) is 0 Å². The van der Waals surface area contributed by atoms with Crippen molar-refractivity contribution in [2.45, 2.75) is 25.9 Å². The molecule has 6 nitrogen and oxygen atoms in total. The molecule has 6 heteroatoms. The fourth-order valence-electron chi connectivity index (χ4n) is 0.852. The van der Waals surface area contributed by atoms with Gasteiger partial charge in [0.25, 0.3) is 5.91 Å². The zero-order valence-electron chi connectivity index (χ0n) is 8.32. The van der Waals surface area contributed by atoms with Gasteiger partial charge in [-0.15, -0.1) is 0 Å². The first-order chi connectivity index (χ1) is 6.40. The Kier molecular flexibility index (Phi) is 5.11. The van der Waals surface area contributed by atoms with E-state index in [2.05, 4.69) is 11.1 Å². The second-order valence-corrected chi connectivity index (χ2v) is 3.43. The molecular weight excluding hydrogens is 188 g/mol. The Morgan fingerprint density at radius 2 is 2.00 bits per heavy atom. The average Bonchev–Trinajstić information content (AvgIpc) is 2.11. The fourth-order valence-corrected chi connectivity index (χ4v) is 0.852. The Morgan fingerprint density at radius 1 is 1.50 bits per heavy atom. The van der Waals surface area contributed by atoms with Crippen LogP contribution < -0.4 is 16.2 Å². The van der Waals surface area contributed by atoms with Gasteiger partial charge in [0, 0.05) is 0 Å². The maximum Gasteiger partial charge on any atom is 0.281 e. The molecule has 0 aliphatic carbocycles. The van der Waals surface area contributed by atoms with Crippen molar-refractivity contribution in [3.63, 3.8) is 0 Å². The Bertz CT molecular complexity index is 217. The summed E-state index contributed by atoms with van der Waals surface area (Å²) in [5, 5.41) is 21.4. The highest BCUT2D eigenvalue weighted by molar-refractivity contribution is 5.85. The number of hydrogen-bond donors (Lipinski definition) is 3. The van der Waals surface area contributed by atoms with E-state index in [1.54, 1.807) is 13.8 Å². The molecule has 0 bridgehead atoms. The number of rotatable bonds is 5. The van der Waals surface area contributed by atoms with Gasteiger partial charge in [0.05, 0.1) is 12.0 Å². The standard InChI is InChI=1S/C8H16N2O4/c1-4(2)6(8(13)14)10-7(12)5(9)3-11/h4-6,11H,3,9H2,1-2H3,(H,10,12)(H,13,14)/t5-,6-/m0/s1. The number of hydrogen-bond acceptors (Lipinski definition) is 4. The molecule has 0 aromatic heterocycles. The zero-order chi connectivity index (χ0) is 11.3. The van der Waals surface area contributed by atoms with E-state index in [1.807, 2.05) is 0 Å². The van der Waals surface area contributed by atoms with Crippen molar-refractivity contribution >= 4 is 11.9 Å². The second kappa shape index (κ2) is 5.56. The molecule has 14 heavy (non-hydrogen) atoms. The van der Waals surface area contributed by atoms with Gasteiger partial charge in [0.2, 0.25) is 0 Å². The van der Waals surface area contributed by atoms with Crippen molar-refractivity contribution in [3.8, 4) is 0 Å². The van der Waals surface area contributed by atoms with Gasteiger partial charge < -0.3 is 26.1 Å². The maximum absolute atomic E-state index is 11.2. The summed E-state index contributed by atoms with van der Waals surface area (Å²) < 4.78 is 0.